The van der Waals surface area contributed by atoms with Crippen LogP contribution in [0.3, 0.4) is 0 Å². The summed E-state index contributed by atoms with van der Waals surface area (Å²) in [4.78, 5) is 0. The van der Waals surface area contributed by atoms with Crippen molar-refractivity contribution in [3.8, 4) is 0 Å². The van der Waals surface area contributed by atoms with Crippen molar-refractivity contribution in [2.45, 2.75) is 26.7 Å². The molecule has 98 valence electrons. The summed E-state index contributed by atoms with van der Waals surface area (Å²) in [6, 6.07) is 0. The first-order chi connectivity index (χ1) is 7.45. The van der Waals surface area contributed by atoms with E-state index >= 15 is 0 Å². The minimum Gasteiger partial charge on any atom is -0.379 e. The quantitative estimate of drug-likeness (QED) is 0.583. The largest absolute Gasteiger partial charge is 0.379 e. The second-order valence-corrected chi connectivity index (χ2v) is 5.68. The lowest BCUT2D eigenvalue weighted by molar-refractivity contribution is 0.0391. The van der Waals surface area contributed by atoms with E-state index in [4.69, 9.17) is 14.6 Å². The third kappa shape index (κ3) is 11.9. The molecular formula is C10H23NO4S. The van der Waals surface area contributed by atoms with Gasteiger partial charge >= 0.3 is 0 Å². The van der Waals surface area contributed by atoms with Crippen LogP contribution in [0.2, 0.25) is 0 Å². The Kier molecular flexibility index (Phi) is 8.83. The molecule has 0 bridgehead atoms. The van der Waals surface area contributed by atoms with Crippen LogP contribution in [0.15, 0.2) is 0 Å². The molecule has 0 spiro atoms. The van der Waals surface area contributed by atoms with E-state index in [2.05, 4.69) is 13.8 Å². The number of hydrogen-bond donors (Lipinski definition) is 1. The molecule has 0 fully saturated rings. The standard InChI is InChI=1S/C10H23NO4S/c1-3-4-10(2)9-15-6-5-14-7-8-16(11,12)13/h10H,3-9H2,1-2H3,(H2,11,12,13). The molecule has 0 aliphatic rings. The lowest BCUT2D eigenvalue weighted by atomic mass is 10.1. The molecule has 5 nitrogen and oxygen atoms in total. The van der Waals surface area contributed by atoms with E-state index in [1.54, 1.807) is 0 Å². The van der Waals surface area contributed by atoms with Crippen LogP contribution in [0.5, 0.6) is 0 Å². The summed E-state index contributed by atoms with van der Waals surface area (Å²) in [6.45, 7) is 6.06. The number of rotatable bonds is 10. The molecule has 0 aliphatic heterocycles. The van der Waals surface area contributed by atoms with E-state index in [0.717, 1.165) is 19.4 Å². The van der Waals surface area contributed by atoms with Crippen molar-refractivity contribution in [1.29, 1.82) is 0 Å². The zero-order valence-electron chi connectivity index (χ0n) is 10.1. The van der Waals surface area contributed by atoms with Gasteiger partial charge in [-0.15, -0.1) is 0 Å². The Morgan fingerprint density at radius 1 is 1.19 bits per heavy atom. The van der Waals surface area contributed by atoms with Crippen molar-refractivity contribution < 1.29 is 17.9 Å². The average molecular weight is 253 g/mol. The topological polar surface area (TPSA) is 78.6 Å². The zero-order chi connectivity index (χ0) is 12.4. The van der Waals surface area contributed by atoms with E-state index in [-0.39, 0.29) is 12.4 Å². The molecule has 0 heterocycles. The molecule has 2 N–H and O–H groups in total. The summed E-state index contributed by atoms with van der Waals surface area (Å²) in [6.07, 6.45) is 2.32. The summed E-state index contributed by atoms with van der Waals surface area (Å²) in [5.74, 6) is 0.425. The van der Waals surface area contributed by atoms with Gasteiger partial charge in [0.05, 0.1) is 25.6 Å². The summed E-state index contributed by atoms with van der Waals surface area (Å²) in [5, 5.41) is 4.81. The van der Waals surface area contributed by atoms with E-state index in [0.29, 0.717) is 19.1 Å². The number of nitrogens with two attached hydrogens (primary N) is 1. The molecule has 0 aromatic rings. The van der Waals surface area contributed by atoms with Gasteiger partial charge in [0, 0.05) is 6.61 Å². The Hall–Kier alpha value is -0.170. The van der Waals surface area contributed by atoms with Crippen molar-refractivity contribution in [1.82, 2.24) is 0 Å². The van der Waals surface area contributed by atoms with Crippen molar-refractivity contribution in [3.63, 3.8) is 0 Å². The number of primary sulfonamides is 1. The molecule has 0 rings (SSSR count). The third-order valence-corrected chi connectivity index (χ3v) is 2.80. The van der Waals surface area contributed by atoms with Crippen LogP contribution in [0.4, 0.5) is 0 Å². The minimum atomic E-state index is -3.40. The highest BCUT2D eigenvalue weighted by Crippen LogP contribution is 2.04. The van der Waals surface area contributed by atoms with Crippen LogP contribution in [0.1, 0.15) is 26.7 Å². The molecule has 0 amide bonds. The Morgan fingerprint density at radius 2 is 1.81 bits per heavy atom. The van der Waals surface area contributed by atoms with Crippen molar-refractivity contribution in [2.24, 2.45) is 11.1 Å². The normalized spacial score (nSPS) is 13.9. The highest BCUT2D eigenvalue weighted by Gasteiger charge is 2.02. The van der Waals surface area contributed by atoms with Gasteiger partial charge in [-0.1, -0.05) is 20.3 Å². The maximum Gasteiger partial charge on any atom is 0.211 e. The number of ether oxygens (including phenoxy) is 2. The Morgan fingerprint density at radius 3 is 2.38 bits per heavy atom. The van der Waals surface area contributed by atoms with Crippen molar-refractivity contribution in [2.75, 3.05) is 32.2 Å². The summed E-state index contributed by atoms with van der Waals surface area (Å²) in [7, 11) is -3.40. The first-order valence-electron chi connectivity index (χ1n) is 5.61. The Bertz CT molecular complexity index is 254. The van der Waals surface area contributed by atoms with Gasteiger partial charge in [0.15, 0.2) is 0 Å². The van der Waals surface area contributed by atoms with Crippen LogP contribution in [0, 0.1) is 5.92 Å². The minimum absolute atomic E-state index is 0.132. The first kappa shape index (κ1) is 15.8. The maximum absolute atomic E-state index is 10.5. The summed E-state index contributed by atoms with van der Waals surface area (Å²) in [5.41, 5.74) is 0. The van der Waals surface area contributed by atoms with Gasteiger partial charge in [-0.25, -0.2) is 13.6 Å². The van der Waals surface area contributed by atoms with Gasteiger partial charge in [-0.2, -0.15) is 0 Å². The van der Waals surface area contributed by atoms with Gasteiger partial charge in [0.1, 0.15) is 0 Å². The Balaban J connectivity index is 3.22. The van der Waals surface area contributed by atoms with Crippen LogP contribution in [-0.2, 0) is 19.5 Å². The Labute approximate surface area is 98.4 Å². The second-order valence-electron chi connectivity index (χ2n) is 3.95. The molecule has 0 radical (unpaired) electrons. The lowest BCUT2D eigenvalue weighted by Gasteiger charge is -2.10. The molecule has 0 saturated heterocycles. The highest BCUT2D eigenvalue weighted by atomic mass is 32.2. The van der Waals surface area contributed by atoms with Gasteiger partial charge in [0.25, 0.3) is 0 Å². The fourth-order valence-electron chi connectivity index (χ4n) is 1.26. The lowest BCUT2D eigenvalue weighted by Crippen LogP contribution is -2.21. The van der Waals surface area contributed by atoms with Crippen LogP contribution in [0.25, 0.3) is 0 Å². The smallest absolute Gasteiger partial charge is 0.211 e. The SMILES string of the molecule is CCCC(C)COCCOCCS(N)(=O)=O. The van der Waals surface area contributed by atoms with Gasteiger partial charge in [-0.05, 0) is 12.3 Å². The number of sulfonamides is 1. The summed E-state index contributed by atoms with van der Waals surface area (Å²) >= 11 is 0. The molecule has 0 aromatic heterocycles. The van der Waals surface area contributed by atoms with Gasteiger partial charge in [0.2, 0.25) is 10.0 Å². The fraction of sp³-hybridized carbons (Fsp3) is 1.00. The fourth-order valence-corrected chi connectivity index (χ4v) is 1.61. The molecule has 0 saturated carbocycles. The van der Waals surface area contributed by atoms with E-state index in [1.807, 2.05) is 0 Å². The molecule has 1 unspecified atom stereocenters. The van der Waals surface area contributed by atoms with Crippen LogP contribution in [-0.4, -0.2) is 40.6 Å². The number of hydrogen-bond acceptors (Lipinski definition) is 4. The van der Waals surface area contributed by atoms with Crippen molar-refractivity contribution >= 4 is 10.0 Å². The summed E-state index contributed by atoms with van der Waals surface area (Å²) < 4.78 is 31.5. The third-order valence-electron chi connectivity index (χ3n) is 2.07. The van der Waals surface area contributed by atoms with Crippen LogP contribution < -0.4 is 5.14 Å². The van der Waals surface area contributed by atoms with Gasteiger partial charge in [-0.3, -0.25) is 0 Å². The predicted molar refractivity (Wildman–Crippen MR) is 63.7 cm³/mol. The molecule has 16 heavy (non-hydrogen) atoms. The van der Waals surface area contributed by atoms with Crippen molar-refractivity contribution in [3.05, 3.63) is 0 Å². The average Bonchev–Trinajstić information content (AvgIpc) is 2.15. The molecule has 6 heteroatoms. The van der Waals surface area contributed by atoms with E-state index < -0.39 is 10.0 Å². The molecule has 0 aromatic carbocycles. The predicted octanol–water partition coefficient (Wildman–Crippen LogP) is 0.744. The van der Waals surface area contributed by atoms with E-state index in [9.17, 15) is 8.42 Å². The molecular weight excluding hydrogens is 230 g/mol. The van der Waals surface area contributed by atoms with Crippen LogP contribution >= 0.6 is 0 Å². The van der Waals surface area contributed by atoms with Gasteiger partial charge < -0.3 is 9.47 Å². The first-order valence-corrected chi connectivity index (χ1v) is 7.33. The second kappa shape index (κ2) is 8.92. The molecule has 0 aliphatic carbocycles. The zero-order valence-corrected chi connectivity index (χ0v) is 11.0. The monoisotopic (exact) mass is 253 g/mol. The highest BCUT2D eigenvalue weighted by molar-refractivity contribution is 7.89. The molecule has 1 atom stereocenters. The van der Waals surface area contributed by atoms with E-state index in [1.165, 1.54) is 0 Å². The maximum atomic E-state index is 10.5.